The molecule has 4 nitrogen and oxygen atoms in total. The Bertz CT molecular complexity index is 408. The van der Waals surface area contributed by atoms with Crippen molar-refractivity contribution in [3.63, 3.8) is 0 Å². The Kier molecular flexibility index (Phi) is 2.41. The molecule has 4 heteroatoms. The van der Waals surface area contributed by atoms with Gasteiger partial charge in [0, 0.05) is 5.56 Å². The lowest BCUT2D eigenvalue weighted by molar-refractivity contribution is -0.121. The second-order valence-corrected chi connectivity index (χ2v) is 3.24. The van der Waals surface area contributed by atoms with E-state index in [9.17, 15) is 4.79 Å². The summed E-state index contributed by atoms with van der Waals surface area (Å²) in [6, 6.07) is 7.22. The summed E-state index contributed by atoms with van der Waals surface area (Å²) in [5.74, 6) is 0.910. The third-order valence-corrected chi connectivity index (χ3v) is 2.18. The molecule has 1 heterocycles. The van der Waals surface area contributed by atoms with Crippen LogP contribution in [0.4, 0.5) is 0 Å². The average molecular weight is 205 g/mol. The quantitative estimate of drug-likeness (QED) is 0.733. The summed E-state index contributed by atoms with van der Waals surface area (Å²) < 4.78 is 10.3. The average Bonchev–Trinajstić information content (AvgIpc) is 2.59. The highest BCUT2D eigenvalue weighted by Gasteiger charge is 2.25. The Labute approximate surface area is 87.5 Å². The molecule has 0 aliphatic carbocycles. The number of amides is 1. The molecule has 15 heavy (non-hydrogen) atoms. The number of carbonyl (C=O) groups excluding carboxylic acids is 1. The van der Waals surface area contributed by atoms with Crippen LogP contribution < -0.4 is 4.74 Å². The molecule has 0 spiro atoms. The van der Waals surface area contributed by atoms with Crippen molar-refractivity contribution in [1.29, 1.82) is 0 Å². The number of benzene rings is 1. The summed E-state index contributed by atoms with van der Waals surface area (Å²) in [5, 5.41) is 0. The van der Waals surface area contributed by atoms with E-state index in [2.05, 4.69) is 4.99 Å². The maximum atomic E-state index is 11.1. The zero-order chi connectivity index (χ0) is 10.8. The number of carbonyl (C=O) groups is 1. The number of ether oxygens (including phenoxy) is 2. The molecule has 1 aromatic carbocycles. The van der Waals surface area contributed by atoms with Crippen LogP contribution in [-0.4, -0.2) is 25.0 Å². The molecule has 0 saturated carbocycles. The van der Waals surface area contributed by atoms with Gasteiger partial charge in [0.25, 0.3) is 5.91 Å². The lowest BCUT2D eigenvalue weighted by Gasteiger charge is -2.05. The lowest BCUT2D eigenvalue weighted by atomic mass is 10.2. The third kappa shape index (κ3) is 1.83. The SMILES string of the molecule is COc1ccc(C2=NC(=O)C(C)O2)cc1. The van der Waals surface area contributed by atoms with Gasteiger partial charge in [0.05, 0.1) is 7.11 Å². The van der Waals surface area contributed by atoms with Crippen LogP contribution >= 0.6 is 0 Å². The highest BCUT2D eigenvalue weighted by atomic mass is 16.5. The van der Waals surface area contributed by atoms with Crippen molar-refractivity contribution in [2.75, 3.05) is 7.11 Å². The third-order valence-electron chi connectivity index (χ3n) is 2.18. The van der Waals surface area contributed by atoms with E-state index in [4.69, 9.17) is 9.47 Å². The second kappa shape index (κ2) is 3.73. The van der Waals surface area contributed by atoms with Gasteiger partial charge in [-0.25, -0.2) is 0 Å². The highest BCUT2D eigenvalue weighted by Crippen LogP contribution is 2.16. The summed E-state index contributed by atoms with van der Waals surface area (Å²) >= 11 is 0. The van der Waals surface area contributed by atoms with E-state index in [1.54, 1.807) is 26.2 Å². The van der Waals surface area contributed by atoms with E-state index in [1.807, 2.05) is 12.1 Å². The Morgan fingerprint density at radius 2 is 2.00 bits per heavy atom. The summed E-state index contributed by atoms with van der Waals surface area (Å²) in [7, 11) is 1.60. The zero-order valence-corrected chi connectivity index (χ0v) is 8.56. The van der Waals surface area contributed by atoms with Gasteiger partial charge in [-0.05, 0) is 31.2 Å². The van der Waals surface area contributed by atoms with Crippen molar-refractivity contribution in [2.24, 2.45) is 4.99 Å². The lowest BCUT2D eigenvalue weighted by Crippen LogP contribution is -2.12. The molecule has 78 valence electrons. The minimum absolute atomic E-state index is 0.235. The molecule has 1 aliphatic rings. The predicted molar refractivity (Wildman–Crippen MR) is 55.1 cm³/mol. The molecule has 1 amide bonds. The molecule has 0 aromatic heterocycles. The van der Waals surface area contributed by atoms with E-state index >= 15 is 0 Å². The number of methoxy groups -OCH3 is 1. The topological polar surface area (TPSA) is 47.9 Å². The van der Waals surface area contributed by atoms with Crippen molar-refractivity contribution >= 4 is 11.8 Å². The van der Waals surface area contributed by atoms with Crippen molar-refractivity contribution in [1.82, 2.24) is 0 Å². The first-order valence-electron chi connectivity index (χ1n) is 4.64. The Balaban J connectivity index is 2.24. The molecule has 0 N–H and O–H groups in total. The molecule has 0 fully saturated rings. The molecule has 1 aliphatic heterocycles. The number of nitrogens with zero attached hydrogens (tertiary/aromatic N) is 1. The molecular formula is C11H11NO3. The van der Waals surface area contributed by atoms with Gasteiger partial charge in [-0.1, -0.05) is 0 Å². The Morgan fingerprint density at radius 1 is 1.33 bits per heavy atom. The molecule has 1 unspecified atom stereocenters. The monoisotopic (exact) mass is 205 g/mol. The van der Waals surface area contributed by atoms with Gasteiger partial charge in [-0.15, -0.1) is 0 Å². The summed E-state index contributed by atoms with van der Waals surface area (Å²) in [5.41, 5.74) is 0.786. The van der Waals surface area contributed by atoms with Crippen LogP contribution in [-0.2, 0) is 9.53 Å². The minimum atomic E-state index is -0.470. The van der Waals surface area contributed by atoms with Gasteiger partial charge < -0.3 is 9.47 Å². The van der Waals surface area contributed by atoms with Crippen LogP contribution in [0.5, 0.6) is 5.75 Å². The smallest absolute Gasteiger partial charge is 0.289 e. The van der Waals surface area contributed by atoms with Crippen LogP contribution in [0, 0.1) is 0 Å². The maximum absolute atomic E-state index is 11.1. The van der Waals surface area contributed by atoms with Crippen molar-refractivity contribution in [3.8, 4) is 5.75 Å². The fraction of sp³-hybridized carbons (Fsp3) is 0.273. The first-order valence-corrected chi connectivity index (χ1v) is 4.64. The normalized spacial score (nSPS) is 19.7. The number of rotatable bonds is 2. The Hall–Kier alpha value is -1.84. The fourth-order valence-corrected chi connectivity index (χ4v) is 1.30. The van der Waals surface area contributed by atoms with E-state index in [0.717, 1.165) is 11.3 Å². The number of hydrogen-bond donors (Lipinski definition) is 0. The van der Waals surface area contributed by atoms with Gasteiger partial charge in [0.15, 0.2) is 6.10 Å². The molecule has 1 atom stereocenters. The number of hydrogen-bond acceptors (Lipinski definition) is 3. The first kappa shape index (κ1) is 9.71. The van der Waals surface area contributed by atoms with Crippen LogP contribution in [0.15, 0.2) is 29.3 Å². The summed E-state index contributed by atoms with van der Waals surface area (Å²) in [6.07, 6.45) is -0.470. The first-order chi connectivity index (χ1) is 7.20. The summed E-state index contributed by atoms with van der Waals surface area (Å²) in [4.78, 5) is 15.0. The van der Waals surface area contributed by atoms with Crippen LogP contribution in [0.1, 0.15) is 12.5 Å². The van der Waals surface area contributed by atoms with E-state index < -0.39 is 6.10 Å². The van der Waals surface area contributed by atoms with Gasteiger partial charge in [0.1, 0.15) is 5.75 Å². The van der Waals surface area contributed by atoms with Crippen molar-refractivity contribution < 1.29 is 14.3 Å². The van der Waals surface area contributed by atoms with Crippen LogP contribution in [0.2, 0.25) is 0 Å². The standard InChI is InChI=1S/C11H11NO3/c1-7-10(13)12-11(15-7)8-3-5-9(14-2)6-4-8/h3-7H,1-2H3. The van der Waals surface area contributed by atoms with Gasteiger partial charge in [-0.3, -0.25) is 4.79 Å². The number of aliphatic imine (C=N–C) groups is 1. The summed E-state index contributed by atoms with van der Waals surface area (Å²) in [6.45, 7) is 1.68. The van der Waals surface area contributed by atoms with Crippen molar-refractivity contribution in [3.05, 3.63) is 29.8 Å². The molecule has 2 rings (SSSR count). The van der Waals surface area contributed by atoms with Crippen LogP contribution in [0.25, 0.3) is 0 Å². The Morgan fingerprint density at radius 3 is 2.47 bits per heavy atom. The fourth-order valence-electron chi connectivity index (χ4n) is 1.30. The van der Waals surface area contributed by atoms with E-state index in [1.165, 1.54) is 0 Å². The zero-order valence-electron chi connectivity index (χ0n) is 8.56. The van der Waals surface area contributed by atoms with Crippen molar-refractivity contribution in [2.45, 2.75) is 13.0 Å². The minimum Gasteiger partial charge on any atom is -0.497 e. The maximum Gasteiger partial charge on any atom is 0.289 e. The molecule has 0 bridgehead atoms. The van der Waals surface area contributed by atoms with Gasteiger partial charge in [-0.2, -0.15) is 4.99 Å². The molecular weight excluding hydrogens is 194 g/mol. The predicted octanol–water partition coefficient (Wildman–Crippen LogP) is 1.39. The molecule has 1 aromatic rings. The van der Waals surface area contributed by atoms with Gasteiger partial charge in [0.2, 0.25) is 5.90 Å². The second-order valence-electron chi connectivity index (χ2n) is 3.24. The van der Waals surface area contributed by atoms with Crippen LogP contribution in [0.3, 0.4) is 0 Å². The largest absolute Gasteiger partial charge is 0.497 e. The highest BCUT2D eigenvalue weighted by molar-refractivity contribution is 6.07. The molecule has 0 radical (unpaired) electrons. The molecule has 0 saturated heterocycles. The van der Waals surface area contributed by atoms with Gasteiger partial charge >= 0.3 is 0 Å². The van der Waals surface area contributed by atoms with E-state index in [0.29, 0.717) is 5.90 Å². The van der Waals surface area contributed by atoms with E-state index in [-0.39, 0.29) is 5.91 Å².